The second-order valence-corrected chi connectivity index (χ2v) is 21.2. The number of rotatable bonds is 37. The highest BCUT2D eigenvalue weighted by atomic mass is 16.6. The summed E-state index contributed by atoms with van der Waals surface area (Å²) in [6.45, 7) is 16.2. The summed E-state index contributed by atoms with van der Waals surface area (Å²) < 4.78 is 27.9. The molecule has 3 rings (SSSR count). The molecule has 8 N–H and O–H groups in total. The Morgan fingerprint density at radius 1 is 0.634 bits per heavy atom. The van der Waals surface area contributed by atoms with Crippen LogP contribution >= 0.6 is 0 Å². The molecule has 82 heavy (non-hydrogen) atoms. The monoisotopic (exact) mass is 1160 g/mol. The molecule has 0 aromatic heterocycles. The largest absolute Gasteiger partial charge is 0.431 e. The number of ether oxygens (including phenoxy) is 5. The van der Waals surface area contributed by atoms with E-state index in [1.54, 1.807) is 46.4 Å². The fourth-order valence-corrected chi connectivity index (χ4v) is 8.82. The first-order valence-corrected chi connectivity index (χ1v) is 28.1. The number of amides is 11. The topological polar surface area (TPSA) is 345 Å². The Kier molecular flexibility index (Phi) is 31.0. The maximum absolute atomic E-state index is 14.2. The number of nitrogens with one attached hydrogen (secondary N) is 6. The second-order valence-electron chi connectivity index (χ2n) is 21.2. The van der Waals surface area contributed by atoms with E-state index in [-0.39, 0.29) is 132 Å². The van der Waals surface area contributed by atoms with Gasteiger partial charge >= 0.3 is 12.1 Å². The minimum absolute atomic E-state index is 0.0336. The van der Waals surface area contributed by atoms with Crippen molar-refractivity contribution in [2.24, 2.45) is 23.5 Å². The van der Waals surface area contributed by atoms with Gasteiger partial charge in [0, 0.05) is 89.8 Å². The van der Waals surface area contributed by atoms with Gasteiger partial charge in [-0.15, -0.1) is 0 Å². The van der Waals surface area contributed by atoms with Crippen molar-refractivity contribution >= 4 is 70.9 Å². The number of likely N-dealkylation sites (tertiary alicyclic amines) is 1. The summed E-state index contributed by atoms with van der Waals surface area (Å²) in [6.07, 6.45) is -1.79. The molecule has 460 valence electrons. The fourth-order valence-electron chi connectivity index (χ4n) is 8.82. The smallest absolute Gasteiger partial charge is 0.411 e. The van der Waals surface area contributed by atoms with Crippen LogP contribution in [0.4, 0.5) is 15.3 Å². The Hall–Kier alpha value is -6.81. The lowest BCUT2D eigenvalue weighted by atomic mass is 9.97. The summed E-state index contributed by atoms with van der Waals surface area (Å²) in [5, 5.41) is 16.2. The molecule has 0 bridgehead atoms. The molecule has 1 aromatic carbocycles. The van der Waals surface area contributed by atoms with Gasteiger partial charge in [-0.25, -0.2) is 9.59 Å². The fraction of sp³-hybridized carbons (Fsp3) is 0.691. The molecule has 0 radical (unpaired) electrons. The van der Waals surface area contributed by atoms with Crippen molar-refractivity contribution in [3.05, 3.63) is 29.8 Å². The van der Waals surface area contributed by atoms with Crippen LogP contribution in [-0.2, 0) is 66.8 Å². The summed E-state index contributed by atoms with van der Waals surface area (Å²) in [5.74, 6) is -4.84. The Bertz CT molecular complexity index is 2260. The van der Waals surface area contributed by atoms with E-state index in [4.69, 9.17) is 29.4 Å². The van der Waals surface area contributed by atoms with E-state index in [0.717, 1.165) is 9.80 Å². The number of Topliss-reactive ketones (excluding diaryl/α,β-unsaturated/α-hetero) is 1. The third kappa shape index (κ3) is 24.7. The van der Waals surface area contributed by atoms with Crippen LogP contribution < -0.4 is 37.6 Å². The van der Waals surface area contributed by atoms with Crippen LogP contribution in [0.3, 0.4) is 0 Å². The first-order chi connectivity index (χ1) is 38.9. The Morgan fingerprint density at radius 3 is 1.73 bits per heavy atom. The number of anilines is 1. The second kappa shape index (κ2) is 36.6. The highest BCUT2D eigenvalue weighted by Gasteiger charge is 2.38. The highest BCUT2D eigenvalue weighted by Crippen LogP contribution is 2.26. The molecule has 0 aliphatic carbocycles. The van der Waals surface area contributed by atoms with Gasteiger partial charge in [0.25, 0.3) is 5.91 Å². The molecule has 1 unspecified atom stereocenters. The van der Waals surface area contributed by atoms with Crippen LogP contribution in [0.5, 0.6) is 0 Å². The number of likely N-dealkylation sites (N-methyl/N-ethyl adjacent to an activating group) is 2. The zero-order valence-corrected chi connectivity index (χ0v) is 49.2. The number of benzene rings is 1. The first-order valence-electron chi connectivity index (χ1n) is 28.1. The quantitative estimate of drug-likeness (QED) is 0.0351. The Labute approximate surface area is 480 Å². The molecule has 2 saturated heterocycles. The summed E-state index contributed by atoms with van der Waals surface area (Å²) in [4.78, 5) is 147. The van der Waals surface area contributed by atoms with Gasteiger partial charge in [0.2, 0.25) is 47.5 Å². The van der Waals surface area contributed by atoms with Gasteiger partial charge in [0.05, 0.1) is 58.9 Å². The molecular formula is C55H89N11O16. The number of piperazine rings is 1. The highest BCUT2D eigenvalue weighted by molar-refractivity contribution is 6.02. The molecule has 2 aliphatic heterocycles. The van der Waals surface area contributed by atoms with Crippen LogP contribution in [-0.4, -0.2) is 222 Å². The summed E-state index contributed by atoms with van der Waals surface area (Å²) in [7, 11) is 3.32. The standard InChI is InChI=1S/C55H89N11O16/c1-35(2)46(38(7)67)62-52(74)48(37(5)6)64(9)55(77)82-49(53(75)65-25-23-63(8)24-26-65)39-12-14-40(15-13-39)59-50(72)41(11-10-20-58-54(56)76)60-51(73)47(36(3)4)61-43(69)19-27-78-29-31-80-33-34-81-32-30-79-28-21-57-42(68)18-22-66-44(70)16-17-45(66)71/h12-15,35-37,41,46-49H,10-11,16-34H2,1-9H3,(H,57,68)(H,59,72)(H,60,73)(H,61,69)(H,62,74)(H3,56,58,76)/t41-,46-,47-,48-,49?/m0/s1. The van der Waals surface area contributed by atoms with Crippen LogP contribution in [0.1, 0.15) is 98.7 Å². The van der Waals surface area contributed by atoms with E-state index in [1.807, 2.05) is 7.05 Å². The van der Waals surface area contributed by atoms with Crippen molar-refractivity contribution in [1.82, 2.24) is 46.2 Å². The van der Waals surface area contributed by atoms with Gasteiger partial charge in [0.1, 0.15) is 18.1 Å². The maximum Gasteiger partial charge on any atom is 0.411 e. The third-order valence-corrected chi connectivity index (χ3v) is 13.5. The number of primary amides is 1. The van der Waals surface area contributed by atoms with Crippen LogP contribution in [0.25, 0.3) is 0 Å². The Morgan fingerprint density at radius 2 is 1.20 bits per heavy atom. The molecule has 0 saturated carbocycles. The van der Waals surface area contributed by atoms with Gasteiger partial charge in [-0.3, -0.25) is 53.0 Å². The normalized spacial score (nSPS) is 15.6. The minimum Gasteiger partial charge on any atom is -0.431 e. The molecule has 1 aromatic rings. The predicted octanol–water partition coefficient (Wildman–Crippen LogP) is 0.449. The molecule has 27 nitrogen and oxygen atoms in total. The molecule has 11 amide bonds. The van der Waals surface area contributed by atoms with Crippen molar-refractivity contribution < 1.29 is 76.4 Å². The number of hydrogen-bond donors (Lipinski definition) is 7. The van der Waals surface area contributed by atoms with Gasteiger partial charge in [-0.2, -0.15) is 0 Å². The number of ketones is 1. The molecule has 2 heterocycles. The minimum atomic E-state index is -1.45. The molecule has 5 atom stereocenters. The lowest BCUT2D eigenvalue weighted by Crippen LogP contribution is -2.55. The van der Waals surface area contributed by atoms with Crippen LogP contribution in [0, 0.1) is 17.8 Å². The number of nitrogens with two attached hydrogens (primary N) is 1. The van der Waals surface area contributed by atoms with Crippen molar-refractivity contribution in [3.8, 4) is 0 Å². The van der Waals surface area contributed by atoms with Gasteiger partial charge in [-0.05, 0) is 56.7 Å². The van der Waals surface area contributed by atoms with Crippen LogP contribution in [0.2, 0.25) is 0 Å². The van der Waals surface area contributed by atoms with Gasteiger partial charge < -0.3 is 71.1 Å². The number of carbonyl (C=O) groups excluding carboxylic acids is 11. The first kappa shape index (κ1) is 69.5. The summed E-state index contributed by atoms with van der Waals surface area (Å²) in [6, 6.07) is 1.24. The summed E-state index contributed by atoms with van der Waals surface area (Å²) in [5.41, 5.74) is 5.78. The molecular weight excluding hydrogens is 1070 g/mol. The maximum atomic E-state index is 14.2. The lowest BCUT2D eigenvalue weighted by Gasteiger charge is -2.36. The molecule has 2 aliphatic rings. The lowest BCUT2D eigenvalue weighted by molar-refractivity contribution is -0.143. The number of imide groups is 1. The van der Waals surface area contributed by atoms with E-state index in [2.05, 4.69) is 36.8 Å². The van der Waals surface area contributed by atoms with Crippen molar-refractivity contribution in [1.29, 1.82) is 0 Å². The summed E-state index contributed by atoms with van der Waals surface area (Å²) >= 11 is 0. The van der Waals surface area contributed by atoms with Crippen LogP contribution in [0.15, 0.2) is 24.3 Å². The number of carbonyl (C=O) groups is 11. The zero-order chi connectivity index (χ0) is 60.9. The van der Waals surface area contributed by atoms with E-state index in [0.29, 0.717) is 46.0 Å². The number of nitrogens with zero attached hydrogens (tertiary/aromatic N) is 4. The number of urea groups is 1. The number of hydrogen-bond acceptors (Lipinski definition) is 17. The van der Waals surface area contributed by atoms with E-state index >= 15 is 0 Å². The van der Waals surface area contributed by atoms with Crippen molar-refractivity contribution in [2.75, 3.05) is 118 Å². The van der Waals surface area contributed by atoms with Crippen molar-refractivity contribution in [3.63, 3.8) is 0 Å². The molecule has 27 heteroatoms. The zero-order valence-electron chi connectivity index (χ0n) is 49.2. The predicted molar refractivity (Wildman–Crippen MR) is 299 cm³/mol. The van der Waals surface area contributed by atoms with E-state index in [1.165, 1.54) is 38.2 Å². The van der Waals surface area contributed by atoms with E-state index in [9.17, 15) is 52.7 Å². The van der Waals surface area contributed by atoms with Crippen molar-refractivity contribution in [2.45, 2.75) is 117 Å². The average Bonchev–Trinajstić information content (AvgIpc) is 3.89. The van der Waals surface area contributed by atoms with E-state index < -0.39 is 83.8 Å². The van der Waals surface area contributed by atoms with Gasteiger partial charge in [0.15, 0.2) is 5.78 Å². The Balaban J connectivity index is 1.52. The molecule has 0 spiro atoms. The SMILES string of the molecule is CC(=O)[C@@H](NC(=O)[C@H](C(C)C)N(C)C(=O)OC(C(=O)N1CCN(C)CC1)c1ccc(NC(=O)[C@H](CCCNC(N)=O)NC(=O)[C@@H](NC(=O)CCOCCOCCOCCOCCNC(=O)CCN2C(=O)CCC2=O)C(C)C)cc1)C(C)C. The average molecular weight is 1160 g/mol. The molecule has 2 fully saturated rings. The van der Waals surface area contributed by atoms with Gasteiger partial charge in [-0.1, -0.05) is 53.7 Å². The third-order valence-electron chi connectivity index (χ3n) is 13.5.